The van der Waals surface area contributed by atoms with Gasteiger partial charge >= 0.3 is 0 Å². The Morgan fingerprint density at radius 3 is 2.33 bits per heavy atom. The maximum Gasteiger partial charge on any atom is 0.255 e. The highest BCUT2D eigenvalue weighted by molar-refractivity contribution is 7.09. The molecule has 0 radical (unpaired) electrons. The predicted octanol–water partition coefficient (Wildman–Crippen LogP) is 3.93. The molecule has 1 aromatic heterocycles. The molecule has 0 spiro atoms. The van der Waals surface area contributed by atoms with Gasteiger partial charge in [-0.05, 0) is 35.7 Å². The molecule has 2 N–H and O–H groups in total. The summed E-state index contributed by atoms with van der Waals surface area (Å²) in [6.07, 6.45) is 0. The van der Waals surface area contributed by atoms with Gasteiger partial charge in [-0.3, -0.25) is 9.59 Å². The molecule has 0 unspecified atom stereocenters. The number of hydrogen-bond acceptors (Lipinski definition) is 3. The maximum absolute atomic E-state index is 12.4. The summed E-state index contributed by atoms with van der Waals surface area (Å²) in [6.45, 7) is 0.470. The second-order valence-corrected chi connectivity index (χ2v) is 6.16. The molecular weight excluding hydrogens is 320 g/mol. The summed E-state index contributed by atoms with van der Waals surface area (Å²) in [5.74, 6) is -0.457. The van der Waals surface area contributed by atoms with E-state index in [1.165, 1.54) is 0 Å². The van der Waals surface area contributed by atoms with Crippen molar-refractivity contribution in [2.24, 2.45) is 0 Å². The van der Waals surface area contributed by atoms with Crippen molar-refractivity contribution < 1.29 is 9.59 Å². The minimum absolute atomic E-state index is 0.215. The van der Waals surface area contributed by atoms with Crippen molar-refractivity contribution >= 4 is 28.8 Å². The first-order chi connectivity index (χ1) is 11.7. The zero-order valence-corrected chi connectivity index (χ0v) is 13.7. The van der Waals surface area contributed by atoms with E-state index in [1.807, 2.05) is 23.6 Å². The first-order valence-corrected chi connectivity index (χ1v) is 8.38. The molecule has 0 aliphatic heterocycles. The molecular formula is C19H16N2O2S. The fourth-order valence-electron chi connectivity index (χ4n) is 2.25. The highest BCUT2D eigenvalue weighted by atomic mass is 32.1. The summed E-state index contributed by atoms with van der Waals surface area (Å²) in [7, 11) is 0. The number of amides is 2. The Kier molecular flexibility index (Phi) is 5.03. The molecule has 24 heavy (non-hydrogen) atoms. The fraction of sp³-hybridized carbons (Fsp3) is 0.0526. The van der Waals surface area contributed by atoms with Crippen LogP contribution in [0, 0.1) is 0 Å². The third-order valence-electron chi connectivity index (χ3n) is 3.46. The third-order valence-corrected chi connectivity index (χ3v) is 4.34. The molecule has 2 amide bonds. The first-order valence-electron chi connectivity index (χ1n) is 7.50. The zero-order valence-electron chi connectivity index (χ0n) is 12.9. The van der Waals surface area contributed by atoms with Crippen LogP contribution in [-0.2, 0) is 6.54 Å². The monoisotopic (exact) mass is 336 g/mol. The first kappa shape index (κ1) is 16.0. The van der Waals surface area contributed by atoms with Crippen LogP contribution in [0.3, 0.4) is 0 Å². The van der Waals surface area contributed by atoms with E-state index in [2.05, 4.69) is 10.6 Å². The van der Waals surface area contributed by atoms with Crippen LogP contribution in [0.5, 0.6) is 0 Å². The van der Waals surface area contributed by atoms with Gasteiger partial charge in [-0.25, -0.2) is 0 Å². The predicted molar refractivity (Wildman–Crippen MR) is 96.3 cm³/mol. The van der Waals surface area contributed by atoms with E-state index in [9.17, 15) is 9.59 Å². The molecule has 0 aliphatic carbocycles. The lowest BCUT2D eigenvalue weighted by Gasteiger charge is -2.11. The average Bonchev–Trinajstić information content (AvgIpc) is 3.14. The van der Waals surface area contributed by atoms with Gasteiger partial charge in [0, 0.05) is 10.4 Å². The molecule has 0 atom stereocenters. The molecule has 0 aliphatic rings. The van der Waals surface area contributed by atoms with Crippen molar-refractivity contribution in [3.8, 4) is 0 Å². The number of anilines is 1. The summed E-state index contributed by atoms with van der Waals surface area (Å²) in [5, 5.41) is 7.65. The molecule has 0 bridgehead atoms. The van der Waals surface area contributed by atoms with Crippen molar-refractivity contribution in [3.63, 3.8) is 0 Å². The quantitative estimate of drug-likeness (QED) is 0.742. The number of nitrogens with one attached hydrogen (secondary N) is 2. The second kappa shape index (κ2) is 7.57. The Labute approximate surface area is 144 Å². The van der Waals surface area contributed by atoms with Crippen LogP contribution in [0.1, 0.15) is 25.6 Å². The number of hydrogen-bond donors (Lipinski definition) is 2. The lowest BCUT2D eigenvalue weighted by molar-refractivity contribution is 0.0952. The van der Waals surface area contributed by atoms with Crippen LogP contribution >= 0.6 is 11.3 Å². The standard InChI is InChI=1S/C19H16N2O2S/c22-18(14-7-2-1-3-8-14)21-17-11-5-4-10-16(17)19(23)20-13-15-9-6-12-24-15/h1-12H,13H2,(H,20,23)(H,21,22). The number of para-hydroxylation sites is 1. The maximum atomic E-state index is 12.4. The van der Waals surface area contributed by atoms with Gasteiger partial charge in [-0.2, -0.15) is 0 Å². The van der Waals surface area contributed by atoms with Gasteiger partial charge < -0.3 is 10.6 Å². The summed E-state index contributed by atoms with van der Waals surface area (Å²) >= 11 is 1.59. The minimum atomic E-state index is -0.242. The van der Waals surface area contributed by atoms with Gasteiger partial charge in [0.05, 0.1) is 17.8 Å². The van der Waals surface area contributed by atoms with Crippen molar-refractivity contribution in [1.29, 1.82) is 0 Å². The van der Waals surface area contributed by atoms with Crippen LogP contribution in [0.15, 0.2) is 72.1 Å². The number of carbonyl (C=O) groups is 2. The SMILES string of the molecule is O=C(Nc1ccccc1C(=O)NCc1cccs1)c1ccccc1. The lowest BCUT2D eigenvalue weighted by atomic mass is 10.1. The third kappa shape index (κ3) is 3.88. The Morgan fingerprint density at radius 2 is 1.58 bits per heavy atom. The van der Waals surface area contributed by atoms with Crippen molar-refractivity contribution in [3.05, 3.63) is 88.1 Å². The molecule has 0 saturated carbocycles. The molecule has 4 nitrogen and oxygen atoms in total. The largest absolute Gasteiger partial charge is 0.347 e. The second-order valence-electron chi connectivity index (χ2n) is 5.13. The van der Waals surface area contributed by atoms with Crippen molar-refractivity contribution in [1.82, 2.24) is 5.32 Å². The molecule has 120 valence electrons. The average molecular weight is 336 g/mol. The Hall–Kier alpha value is -2.92. The normalized spacial score (nSPS) is 10.2. The minimum Gasteiger partial charge on any atom is -0.347 e. The molecule has 1 heterocycles. The number of rotatable bonds is 5. The summed E-state index contributed by atoms with van der Waals surface area (Å²) in [6, 6.07) is 19.8. The molecule has 3 aromatic rings. The van der Waals surface area contributed by atoms with Gasteiger partial charge in [0.2, 0.25) is 0 Å². The topological polar surface area (TPSA) is 58.2 Å². The van der Waals surface area contributed by atoms with E-state index in [-0.39, 0.29) is 11.8 Å². The van der Waals surface area contributed by atoms with E-state index >= 15 is 0 Å². The number of benzene rings is 2. The van der Waals surface area contributed by atoms with Gasteiger partial charge in [0.15, 0.2) is 0 Å². The molecule has 0 fully saturated rings. The van der Waals surface area contributed by atoms with Crippen LogP contribution in [-0.4, -0.2) is 11.8 Å². The summed E-state index contributed by atoms with van der Waals surface area (Å²) in [5.41, 5.74) is 1.49. The fourth-order valence-corrected chi connectivity index (χ4v) is 2.89. The van der Waals surface area contributed by atoms with Crippen molar-refractivity contribution in [2.45, 2.75) is 6.54 Å². The van der Waals surface area contributed by atoms with E-state index in [1.54, 1.807) is 59.9 Å². The van der Waals surface area contributed by atoms with E-state index in [0.29, 0.717) is 23.4 Å². The molecule has 3 rings (SSSR count). The van der Waals surface area contributed by atoms with Crippen molar-refractivity contribution in [2.75, 3.05) is 5.32 Å². The van der Waals surface area contributed by atoms with Gasteiger partial charge in [0.25, 0.3) is 11.8 Å². The number of thiophene rings is 1. The summed E-state index contributed by atoms with van der Waals surface area (Å²) in [4.78, 5) is 25.8. The highest BCUT2D eigenvalue weighted by Gasteiger charge is 2.13. The van der Waals surface area contributed by atoms with Crippen LogP contribution in [0.2, 0.25) is 0 Å². The Bertz CT molecular complexity index is 830. The Morgan fingerprint density at radius 1 is 0.833 bits per heavy atom. The highest BCUT2D eigenvalue weighted by Crippen LogP contribution is 2.17. The van der Waals surface area contributed by atoms with E-state index in [0.717, 1.165) is 4.88 Å². The van der Waals surface area contributed by atoms with Crippen LogP contribution < -0.4 is 10.6 Å². The van der Waals surface area contributed by atoms with Crippen LogP contribution in [0.4, 0.5) is 5.69 Å². The molecule has 0 saturated heterocycles. The van der Waals surface area contributed by atoms with Crippen LogP contribution in [0.25, 0.3) is 0 Å². The van der Waals surface area contributed by atoms with E-state index < -0.39 is 0 Å². The van der Waals surface area contributed by atoms with Gasteiger partial charge in [-0.1, -0.05) is 36.4 Å². The smallest absolute Gasteiger partial charge is 0.255 e. The zero-order chi connectivity index (χ0) is 16.8. The molecule has 5 heteroatoms. The molecule has 2 aromatic carbocycles. The summed E-state index contributed by atoms with van der Waals surface area (Å²) < 4.78 is 0. The Balaban J connectivity index is 1.72. The lowest BCUT2D eigenvalue weighted by Crippen LogP contribution is -2.24. The van der Waals surface area contributed by atoms with Gasteiger partial charge in [0.1, 0.15) is 0 Å². The number of carbonyl (C=O) groups excluding carboxylic acids is 2. The van der Waals surface area contributed by atoms with E-state index in [4.69, 9.17) is 0 Å². The van der Waals surface area contributed by atoms with Gasteiger partial charge in [-0.15, -0.1) is 11.3 Å².